The summed E-state index contributed by atoms with van der Waals surface area (Å²) < 4.78 is 5.76. The Morgan fingerprint density at radius 2 is 2.10 bits per heavy atom. The highest BCUT2D eigenvalue weighted by molar-refractivity contribution is 5.74. The molecule has 1 saturated heterocycles. The third-order valence-electron chi connectivity index (χ3n) is 5.76. The van der Waals surface area contributed by atoms with Gasteiger partial charge >= 0.3 is 6.03 Å². The molecule has 1 heterocycles. The van der Waals surface area contributed by atoms with Gasteiger partial charge in [-0.3, -0.25) is 4.90 Å². The number of nitrogens with zero attached hydrogens (tertiary/aromatic N) is 1. The quantitative estimate of drug-likeness (QED) is 0.810. The van der Waals surface area contributed by atoms with E-state index >= 15 is 0 Å². The molecule has 5 nitrogen and oxygen atoms in total. The van der Waals surface area contributed by atoms with Crippen LogP contribution in [0.25, 0.3) is 0 Å². The van der Waals surface area contributed by atoms with E-state index in [4.69, 9.17) is 4.74 Å². The Morgan fingerprint density at radius 3 is 2.76 bits per heavy atom. The maximum absolute atomic E-state index is 12.2. The van der Waals surface area contributed by atoms with Crippen LogP contribution in [0.15, 0.2) is 0 Å². The van der Waals surface area contributed by atoms with Crippen LogP contribution in [0.3, 0.4) is 0 Å². The zero-order chi connectivity index (χ0) is 15.2. The number of rotatable bonds is 5. The minimum absolute atomic E-state index is 0.0329. The van der Waals surface area contributed by atoms with Gasteiger partial charge in [-0.2, -0.15) is 0 Å². The molecular weight excluding hydrogens is 266 g/mol. The first-order valence-corrected chi connectivity index (χ1v) is 8.29. The SMILES string of the molecule is C[C@H](CNC(=O)N[C@@H]1[C@@H]2CCO[C@H]2C1(C)C)N(C)C1CC1. The summed E-state index contributed by atoms with van der Waals surface area (Å²) in [6.07, 6.45) is 3.99. The Morgan fingerprint density at radius 1 is 1.38 bits per heavy atom. The van der Waals surface area contributed by atoms with Gasteiger partial charge in [0.05, 0.1) is 6.10 Å². The van der Waals surface area contributed by atoms with Gasteiger partial charge in [0.15, 0.2) is 0 Å². The molecule has 0 aromatic carbocycles. The lowest BCUT2D eigenvalue weighted by Gasteiger charge is -2.54. The van der Waals surface area contributed by atoms with Gasteiger partial charge in [0.1, 0.15) is 0 Å². The van der Waals surface area contributed by atoms with Gasteiger partial charge in [0, 0.05) is 42.6 Å². The number of hydrogen-bond donors (Lipinski definition) is 2. The van der Waals surface area contributed by atoms with Crippen molar-refractivity contribution < 1.29 is 9.53 Å². The topological polar surface area (TPSA) is 53.6 Å². The van der Waals surface area contributed by atoms with E-state index in [-0.39, 0.29) is 17.5 Å². The number of likely N-dealkylation sites (N-methyl/N-ethyl adjacent to an activating group) is 1. The molecule has 3 aliphatic rings. The predicted octanol–water partition coefficient (Wildman–Crippen LogP) is 1.58. The summed E-state index contributed by atoms with van der Waals surface area (Å²) in [6, 6.07) is 1.32. The third-order valence-corrected chi connectivity index (χ3v) is 5.76. The maximum atomic E-state index is 12.2. The second-order valence-corrected chi connectivity index (χ2v) is 7.64. The summed E-state index contributed by atoms with van der Waals surface area (Å²) in [7, 11) is 2.15. The normalized spacial score (nSPS) is 35.0. The molecule has 2 saturated carbocycles. The molecular formula is C16H29N3O2. The molecule has 2 aliphatic carbocycles. The van der Waals surface area contributed by atoms with E-state index in [9.17, 15) is 4.79 Å². The van der Waals surface area contributed by atoms with E-state index < -0.39 is 0 Å². The van der Waals surface area contributed by atoms with Crippen LogP contribution in [0.1, 0.15) is 40.0 Å². The second-order valence-electron chi connectivity index (χ2n) is 7.64. The molecule has 0 radical (unpaired) electrons. The van der Waals surface area contributed by atoms with E-state index in [1.807, 2.05) is 0 Å². The number of nitrogens with one attached hydrogen (secondary N) is 2. The van der Waals surface area contributed by atoms with E-state index in [2.05, 4.69) is 43.4 Å². The molecule has 3 fully saturated rings. The monoisotopic (exact) mass is 295 g/mol. The lowest BCUT2D eigenvalue weighted by molar-refractivity contribution is -0.108. The molecule has 21 heavy (non-hydrogen) atoms. The van der Waals surface area contributed by atoms with Crippen LogP contribution in [0.2, 0.25) is 0 Å². The van der Waals surface area contributed by atoms with Crippen molar-refractivity contribution in [2.75, 3.05) is 20.2 Å². The number of amides is 2. The van der Waals surface area contributed by atoms with Gasteiger partial charge in [-0.25, -0.2) is 4.79 Å². The fourth-order valence-electron chi connectivity index (χ4n) is 4.04. The average molecular weight is 295 g/mol. The van der Waals surface area contributed by atoms with Gasteiger partial charge in [-0.1, -0.05) is 13.8 Å². The number of carbonyl (C=O) groups is 1. The lowest BCUT2D eigenvalue weighted by atomic mass is 9.57. The molecule has 0 spiro atoms. The molecule has 120 valence electrons. The highest BCUT2D eigenvalue weighted by Crippen LogP contribution is 2.52. The van der Waals surface area contributed by atoms with Gasteiger partial charge in [-0.15, -0.1) is 0 Å². The number of ether oxygens (including phenoxy) is 1. The van der Waals surface area contributed by atoms with Crippen molar-refractivity contribution in [1.82, 2.24) is 15.5 Å². The summed E-state index contributed by atoms with van der Waals surface area (Å²) in [5, 5.41) is 6.20. The van der Waals surface area contributed by atoms with Gasteiger partial charge in [0.25, 0.3) is 0 Å². The first-order chi connectivity index (χ1) is 9.91. The van der Waals surface area contributed by atoms with Crippen molar-refractivity contribution in [3.8, 4) is 0 Å². The Labute approximate surface area is 127 Å². The maximum Gasteiger partial charge on any atom is 0.315 e. The van der Waals surface area contributed by atoms with E-state index in [0.29, 0.717) is 24.6 Å². The van der Waals surface area contributed by atoms with Gasteiger partial charge in [-0.05, 0) is 33.2 Å². The largest absolute Gasteiger partial charge is 0.377 e. The van der Waals surface area contributed by atoms with E-state index in [0.717, 1.165) is 19.1 Å². The summed E-state index contributed by atoms with van der Waals surface area (Å²) in [5.41, 5.74) is 0.0505. The minimum atomic E-state index is -0.0329. The number of carbonyl (C=O) groups excluding carboxylic acids is 1. The second kappa shape index (κ2) is 5.43. The zero-order valence-electron chi connectivity index (χ0n) is 13.7. The first-order valence-electron chi connectivity index (χ1n) is 8.29. The van der Waals surface area contributed by atoms with Crippen molar-refractivity contribution in [3.05, 3.63) is 0 Å². The van der Waals surface area contributed by atoms with Crippen molar-refractivity contribution in [2.24, 2.45) is 11.3 Å². The number of urea groups is 1. The van der Waals surface area contributed by atoms with Crippen molar-refractivity contribution in [2.45, 2.75) is 64.3 Å². The molecule has 0 aromatic heterocycles. The van der Waals surface area contributed by atoms with Crippen molar-refractivity contribution >= 4 is 6.03 Å². The molecule has 0 unspecified atom stereocenters. The first kappa shape index (κ1) is 15.1. The van der Waals surface area contributed by atoms with E-state index in [1.165, 1.54) is 12.8 Å². The Hall–Kier alpha value is -0.810. The van der Waals surface area contributed by atoms with Crippen LogP contribution in [0.4, 0.5) is 4.79 Å². The molecule has 3 rings (SSSR count). The van der Waals surface area contributed by atoms with Gasteiger partial charge in [0.2, 0.25) is 0 Å². The summed E-state index contributed by atoms with van der Waals surface area (Å²) in [4.78, 5) is 14.5. The summed E-state index contributed by atoms with van der Waals surface area (Å²) >= 11 is 0. The van der Waals surface area contributed by atoms with Crippen LogP contribution in [0.5, 0.6) is 0 Å². The van der Waals surface area contributed by atoms with Crippen molar-refractivity contribution in [3.63, 3.8) is 0 Å². The molecule has 2 amide bonds. The highest BCUT2D eigenvalue weighted by atomic mass is 16.5. The van der Waals surface area contributed by atoms with Crippen LogP contribution in [-0.4, -0.2) is 55.4 Å². The summed E-state index contributed by atoms with van der Waals surface area (Å²) in [5.74, 6) is 0.498. The van der Waals surface area contributed by atoms with Crippen LogP contribution in [0, 0.1) is 11.3 Å². The molecule has 5 heteroatoms. The standard InChI is InChI=1S/C16H29N3O2/c1-10(19(4)11-5-6-11)9-17-15(20)18-13-12-7-8-21-14(12)16(13,2)3/h10-14H,5-9H2,1-4H3,(H2,17,18,20)/t10-,12+,13-,14-/m1/s1. The number of fused-ring (bicyclic) bond motifs is 1. The molecule has 0 bridgehead atoms. The Balaban J connectivity index is 1.44. The smallest absolute Gasteiger partial charge is 0.315 e. The fourth-order valence-corrected chi connectivity index (χ4v) is 4.04. The Bertz CT molecular complexity index is 408. The fraction of sp³-hybridized carbons (Fsp3) is 0.938. The minimum Gasteiger partial charge on any atom is -0.377 e. The zero-order valence-corrected chi connectivity index (χ0v) is 13.7. The summed E-state index contributed by atoms with van der Waals surface area (Å²) in [6.45, 7) is 8.09. The molecule has 1 aliphatic heterocycles. The van der Waals surface area contributed by atoms with Crippen LogP contribution >= 0.6 is 0 Å². The van der Waals surface area contributed by atoms with Crippen LogP contribution in [-0.2, 0) is 4.74 Å². The predicted molar refractivity (Wildman–Crippen MR) is 82.2 cm³/mol. The Kier molecular flexibility index (Phi) is 3.91. The number of hydrogen-bond acceptors (Lipinski definition) is 3. The third kappa shape index (κ3) is 2.78. The molecule has 0 aromatic rings. The van der Waals surface area contributed by atoms with Gasteiger partial charge < -0.3 is 15.4 Å². The average Bonchev–Trinajstić information content (AvgIpc) is 3.19. The van der Waals surface area contributed by atoms with Crippen molar-refractivity contribution in [1.29, 1.82) is 0 Å². The molecule has 4 atom stereocenters. The van der Waals surface area contributed by atoms with Crippen LogP contribution < -0.4 is 10.6 Å². The van der Waals surface area contributed by atoms with E-state index in [1.54, 1.807) is 0 Å². The highest BCUT2D eigenvalue weighted by Gasteiger charge is 2.59. The molecule has 2 N–H and O–H groups in total. The lowest BCUT2D eigenvalue weighted by Crippen LogP contribution is -2.67.